The summed E-state index contributed by atoms with van der Waals surface area (Å²) >= 11 is 1.07. The highest BCUT2D eigenvalue weighted by Crippen LogP contribution is 2.32. The van der Waals surface area contributed by atoms with Crippen molar-refractivity contribution in [2.45, 2.75) is 17.2 Å². The van der Waals surface area contributed by atoms with Crippen molar-refractivity contribution in [3.63, 3.8) is 0 Å². The number of ether oxygens (including phenoxy) is 2. The van der Waals surface area contributed by atoms with Gasteiger partial charge in [0.05, 0.1) is 19.8 Å². The zero-order valence-corrected chi connectivity index (χ0v) is 17.4. The lowest BCUT2D eigenvalue weighted by atomic mass is 10.2. The van der Waals surface area contributed by atoms with Gasteiger partial charge in [0, 0.05) is 14.1 Å². The third-order valence-electron chi connectivity index (χ3n) is 4.44. The molecule has 0 unspecified atom stereocenters. The van der Waals surface area contributed by atoms with Gasteiger partial charge in [-0.05, 0) is 19.1 Å². The van der Waals surface area contributed by atoms with E-state index in [9.17, 15) is 14.4 Å². The number of aromatic nitrogens is 4. The van der Waals surface area contributed by atoms with Gasteiger partial charge in [-0.3, -0.25) is 18.7 Å². The maximum absolute atomic E-state index is 12.8. The van der Waals surface area contributed by atoms with Crippen molar-refractivity contribution in [3.8, 4) is 17.1 Å². The van der Waals surface area contributed by atoms with Crippen molar-refractivity contribution in [1.29, 1.82) is 0 Å². The molecule has 0 spiro atoms. The fourth-order valence-electron chi connectivity index (χ4n) is 2.85. The lowest BCUT2D eigenvalue weighted by Gasteiger charge is -2.14. The third kappa shape index (κ3) is 3.63. The van der Waals surface area contributed by atoms with Gasteiger partial charge in [0.25, 0.3) is 5.56 Å². The molecule has 0 aliphatic rings. The number of hydrogen-bond donors (Lipinski definition) is 0. The number of fused-ring (bicyclic) bond motifs is 1. The van der Waals surface area contributed by atoms with Crippen LogP contribution in [0.25, 0.3) is 22.4 Å². The number of rotatable bonds is 5. The SMILES string of the molecule is COC(=O)[C@@H](C)Sc1nc(-c2ccccc2OC)nc2c1c(=O)n(C)c(=O)n2C. The van der Waals surface area contributed by atoms with E-state index in [1.54, 1.807) is 25.1 Å². The highest BCUT2D eigenvalue weighted by Gasteiger charge is 2.23. The molecule has 0 amide bonds. The first kappa shape index (κ1) is 20.6. The minimum absolute atomic E-state index is 0.161. The molecule has 0 radical (unpaired) electrons. The van der Waals surface area contributed by atoms with Crippen LogP contribution in [0.1, 0.15) is 6.92 Å². The van der Waals surface area contributed by atoms with Gasteiger partial charge in [-0.2, -0.15) is 0 Å². The summed E-state index contributed by atoms with van der Waals surface area (Å²) in [5.41, 5.74) is -0.274. The first-order valence-corrected chi connectivity index (χ1v) is 9.53. The number of nitrogens with zero attached hydrogens (tertiary/aromatic N) is 4. The molecule has 10 heteroatoms. The summed E-state index contributed by atoms with van der Waals surface area (Å²) < 4.78 is 12.4. The number of para-hydroxylation sites is 1. The van der Waals surface area contributed by atoms with Gasteiger partial charge in [-0.25, -0.2) is 14.8 Å². The molecular weight excluding hydrogens is 396 g/mol. The molecule has 3 rings (SSSR count). The van der Waals surface area contributed by atoms with E-state index < -0.39 is 22.5 Å². The van der Waals surface area contributed by atoms with Crippen molar-refractivity contribution in [2.75, 3.05) is 14.2 Å². The van der Waals surface area contributed by atoms with E-state index in [2.05, 4.69) is 9.97 Å². The Morgan fingerprint density at radius 3 is 2.45 bits per heavy atom. The van der Waals surface area contributed by atoms with Crippen LogP contribution in [0, 0.1) is 0 Å². The van der Waals surface area contributed by atoms with Gasteiger partial charge < -0.3 is 9.47 Å². The molecule has 0 bridgehead atoms. The molecule has 1 aromatic carbocycles. The fraction of sp³-hybridized carbons (Fsp3) is 0.316. The van der Waals surface area contributed by atoms with E-state index in [0.29, 0.717) is 11.3 Å². The second-order valence-corrected chi connectivity index (χ2v) is 7.57. The monoisotopic (exact) mass is 416 g/mol. The molecule has 0 N–H and O–H groups in total. The second kappa shape index (κ2) is 8.08. The summed E-state index contributed by atoms with van der Waals surface area (Å²) in [6.45, 7) is 1.65. The van der Waals surface area contributed by atoms with Crippen molar-refractivity contribution < 1.29 is 14.3 Å². The molecule has 0 saturated heterocycles. The van der Waals surface area contributed by atoms with Crippen LogP contribution >= 0.6 is 11.8 Å². The third-order valence-corrected chi connectivity index (χ3v) is 5.50. The zero-order valence-electron chi connectivity index (χ0n) is 16.6. The predicted octanol–water partition coefficient (Wildman–Crippen LogP) is 1.36. The van der Waals surface area contributed by atoms with Gasteiger partial charge in [0.15, 0.2) is 11.5 Å². The molecular formula is C19H20N4O5S. The molecule has 152 valence electrons. The van der Waals surface area contributed by atoms with E-state index in [1.807, 2.05) is 6.07 Å². The number of esters is 1. The average molecular weight is 416 g/mol. The van der Waals surface area contributed by atoms with Crippen LogP contribution in [-0.4, -0.2) is 44.5 Å². The van der Waals surface area contributed by atoms with Crippen LogP contribution in [0.5, 0.6) is 5.75 Å². The van der Waals surface area contributed by atoms with E-state index in [-0.39, 0.29) is 21.9 Å². The summed E-state index contributed by atoms with van der Waals surface area (Å²) in [7, 11) is 5.73. The number of benzene rings is 1. The molecule has 2 aromatic heterocycles. The lowest BCUT2D eigenvalue weighted by molar-refractivity contribution is -0.139. The van der Waals surface area contributed by atoms with Crippen molar-refractivity contribution in [3.05, 3.63) is 45.1 Å². The number of methoxy groups -OCH3 is 2. The first-order valence-electron chi connectivity index (χ1n) is 8.65. The Labute approximate surface area is 170 Å². The Balaban J connectivity index is 2.38. The molecule has 29 heavy (non-hydrogen) atoms. The fourth-order valence-corrected chi connectivity index (χ4v) is 3.81. The van der Waals surface area contributed by atoms with E-state index in [4.69, 9.17) is 9.47 Å². The molecule has 0 saturated carbocycles. The number of carbonyl (C=O) groups excluding carboxylic acids is 1. The molecule has 2 heterocycles. The lowest BCUT2D eigenvalue weighted by Crippen LogP contribution is -2.37. The van der Waals surface area contributed by atoms with Gasteiger partial charge in [-0.1, -0.05) is 23.9 Å². The molecule has 0 aliphatic heterocycles. The summed E-state index contributed by atoms with van der Waals surface area (Å²) in [4.78, 5) is 46.2. The van der Waals surface area contributed by atoms with Crippen molar-refractivity contribution in [2.24, 2.45) is 14.1 Å². The van der Waals surface area contributed by atoms with Crippen LogP contribution in [0.4, 0.5) is 0 Å². The van der Waals surface area contributed by atoms with Crippen LogP contribution in [0.15, 0.2) is 38.9 Å². The summed E-state index contributed by atoms with van der Waals surface area (Å²) in [6, 6.07) is 7.15. The highest BCUT2D eigenvalue weighted by atomic mass is 32.2. The minimum Gasteiger partial charge on any atom is -0.496 e. The Morgan fingerprint density at radius 1 is 1.10 bits per heavy atom. The van der Waals surface area contributed by atoms with Crippen LogP contribution in [0.2, 0.25) is 0 Å². The van der Waals surface area contributed by atoms with Crippen LogP contribution < -0.4 is 16.0 Å². The second-order valence-electron chi connectivity index (χ2n) is 6.24. The van der Waals surface area contributed by atoms with Gasteiger partial charge in [-0.15, -0.1) is 0 Å². The molecule has 1 atom stereocenters. The Bertz CT molecular complexity index is 1220. The summed E-state index contributed by atoms with van der Waals surface area (Å²) in [5.74, 6) is 0.359. The zero-order chi connectivity index (χ0) is 21.3. The molecule has 9 nitrogen and oxygen atoms in total. The molecule has 0 fully saturated rings. The highest BCUT2D eigenvalue weighted by molar-refractivity contribution is 8.00. The minimum atomic E-state index is -0.620. The van der Waals surface area contributed by atoms with E-state index in [1.165, 1.54) is 32.9 Å². The molecule has 0 aliphatic carbocycles. The number of aryl methyl sites for hydroxylation is 1. The standard InChI is InChI=1S/C19H20N4O5S/c1-10(18(25)28-5)29-16-13-15(22(2)19(26)23(3)17(13)24)20-14(21-16)11-8-6-7-9-12(11)27-4/h6-10H,1-5H3/t10-/m1/s1. The van der Waals surface area contributed by atoms with E-state index in [0.717, 1.165) is 16.3 Å². The largest absolute Gasteiger partial charge is 0.496 e. The van der Waals surface area contributed by atoms with E-state index >= 15 is 0 Å². The summed E-state index contributed by atoms with van der Waals surface area (Å²) in [5, 5.41) is -0.176. The van der Waals surface area contributed by atoms with Gasteiger partial charge in [0.1, 0.15) is 21.4 Å². The first-order chi connectivity index (χ1) is 13.8. The normalized spacial score (nSPS) is 12.0. The Morgan fingerprint density at radius 2 is 1.79 bits per heavy atom. The van der Waals surface area contributed by atoms with Crippen molar-refractivity contribution in [1.82, 2.24) is 19.1 Å². The summed E-state index contributed by atoms with van der Waals surface area (Å²) in [6.07, 6.45) is 0. The topological polar surface area (TPSA) is 105 Å². The smallest absolute Gasteiger partial charge is 0.332 e. The van der Waals surface area contributed by atoms with Crippen molar-refractivity contribution >= 4 is 28.8 Å². The quantitative estimate of drug-likeness (QED) is 0.349. The average Bonchev–Trinajstić information content (AvgIpc) is 2.74. The number of thioether (sulfide) groups is 1. The predicted molar refractivity (Wildman–Crippen MR) is 109 cm³/mol. The van der Waals surface area contributed by atoms with Gasteiger partial charge in [0.2, 0.25) is 0 Å². The maximum atomic E-state index is 12.8. The van der Waals surface area contributed by atoms with Crippen LogP contribution in [-0.2, 0) is 23.6 Å². The molecule has 3 aromatic rings. The number of carbonyl (C=O) groups is 1. The van der Waals surface area contributed by atoms with Gasteiger partial charge >= 0.3 is 11.7 Å². The van der Waals surface area contributed by atoms with Crippen LogP contribution in [0.3, 0.4) is 0 Å². The Hall–Kier alpha value is -3.14. The Kier molecular flexibility index (Phi) is 5.73. The number of hydrogen-bond acceptors (Lipinski definition) is 8. The maximum Gasteiger partial charge on any atom is 0.332 e.